The predicted molar refractivity (Wildman–Crippen MR) is 109 cm³/mol. The molecule has 2 N–H and O–H groups in total. The maximum atomic E-state index is 12.6. The number of amides is 2. The van der Waals surface area contributed by atoms with Gasteiger partial charge >= 0.3 is 6.03 Å². The van der Waals surface area contributed by atoms with E-state index in [-0.39, 0.29) is 6.03 Å². The maximum absolute atomic E-state index is 12.6. The predicted octanol–water partition coefficient (Wildman–Crippen LogP) is 4.58. The largest absolute Gasteiger partial charge is 0.497 e. The third-order valence-electron chi connectivity index (χ3n) is 4.48. The molecule has 2 heterocycles. The van der Waals surface area contributed by atoms with E-state index in [2.05, 4.69) is 10.6 Å². The fraction of sp³-hybridized carbons (Fsp3) is 0.200. The zero-order valence-corrected chi connectivity index (χ0v) is 16.0. The van der Waals surface area contributed by atoms with Crippen LogP contribution in [0.3, 0.4) is 0 Å². The number of fused-ring (bicyclic) bond motifs is 1. The van der Waals surface area contributed by atoms with Gasteiger partial charge in [0, 0.05) is 22.8 Å². The number of carbonyl (C=O) groups excluding carboxylic acids is 1. The molecule has 0 saturated carbocycles. The number of urea groups is 1. The number of nitrogens with one attached hydrogen (secondary N) is 2. The molecule has 0 unspecified atom stereocenters. The van der Waals surface area contributed by atoms with E-state index in [9.17, 15) is 4.79 Å². The number of nitrogens with zero attached hydrogens (tertiary/aromatic N) is 2. The number of para-hydroxylation sites is 1. The Balaban J connectivity index is 1.61. The minimum Gasteiger partial charge on any atom is -0.497 e. The molecule has 0 aliphatic carbocycles. The van der Waals surface area contributed by atoms with E-state index in [0.717, 1.165) is 45.6 Å². The number of rotatable bonds is 4. The number of carbonyl (C=O) groups is 1. The van der Waals surface area contributed by atoms with Crippen LogP contribution in [0.1, 0.15) is 16.8 Å². The molecule has 138 valence electrons. The Morgan fingerprint density at radius 2 is 1.89 bits per heavy atom. The van der Waals surface area contributed by atoms with Gasteiger partial charge in [-0.2, -0.15) is 16.9 Å². The normalized spacial score (nSPS) is 12.5. The average molecular weight is 380 g/mol. The molecule has 1 aliphatic rings. The molecule has 0 bridgehead atoms. The second-order valence-corrected chi connectivity index (χ2v) is 7.26. The molecule has 2 amide bonds. The summed E-state index contributed by atoms with van der Waals surface area (Å²) in [4.78, 5) is 12.6. The van der Waals surface area contributed by atoms with E-state index < -0.39 is 0 Å². The van der Waals surface area contributed by atoms with E-state index in [4.69, 9.17) is 9.84 Å². The summed E-state index contributed by atoms with van der Waals surface area (Å²) < 4.78 is 6.98. The van der Waals surface area contributed by atoms with Crippen LogP contribution >= 0.6 is 11.8 Å². The first-order chi connectivity index (χ1) is 13.2. The second-order valence-electron chi connectivity index (χ2n) is 6.27. The highest BCUT2D eigenvalue weighted by molar-refractivity contribution is 7.98. The van der Waals surface area contributed by atoms with Gasteiger partial charge in [0.2, 0.25) is 0 Å². The van der Waals surface area contributed by atoms with Crippen molar-refractivity contribution in [2.24, 2.45) is 0 Å². The molecule has 1 aliphatic heterocycles. The lowest BCUT2D eigenvalue weighted by Crippen LogP contribution is -2.22. The summed E-state index contributed by atoms with van der Waals surface area (Å²) in [6.45, 7) is 2.04. The van der Waals surface area contributed by atoms with Gasteiger partial charge in [-0.1, -0.05) is 18.2 Å². The topological polar surface area (TPSA) is 68.2 Å². The van der Waals surface area contributed by atoms with Crippen molar-refractivity contribution in [2.45, 2.75) is 18.4 Å². The minimum atomic E-state index is -0.297. The Bertz CT molecular complexity index is 982. The molecule has 0 atom stereocenters. The van der Waals surface area contributed by atoms with Gasteiger partial charge in [0.1, 0.15) is 11.6 Å². The molecule has 3 aromatic rings. The minimum absolute atomic E-state index is 0.297. The summed E-state index contributed by atoms with van der Waals surface area (Å²) in [5.41, 5.74) is 4.89. The number of methoxy groups -OCH3 is 1. The van der Waals surface area contributed by atoms with Crippen LogP contribution in [-0.4, -0.2) is 22.9 Å². The molecular formula is C20H20N4O2S. The molecule has 27 heavy (non-hydrogen) atoms. The number of aryl methyl sites for hydroxylation is 1. The van der Waals surface area contributed by atoms with Gasteiger partial charge in [-0.05, 0) is 42.8 Å². The second kappa shape index (κ2) is 7.36. The number of aromatic nitrogens is 2. The third-order valence-corrected chi connectivity index (χ3v) is 5.45. The molecule has 0 saturated heterocycles. The lowest BCUT2D eigenvalue weighted by Gasteiger charge is -2.13. The van der Waals surface area contributed by atoms with E-state index in [1.54, 1.807) is 31.0 Å². The van der Waals surface area contributed by atoms with Gasteiger partial charge in [0.15, 0.2) is 0 Å². The summed E-state index contributed by atoms with van der Waals surface area (Å²) in [5.74, 6) is 3.19. The van der Waals surface area contributed by atoms with E-state index >= 15 is 0 Å². The third kappa shape index (κ3) is 3.50. The summed E-state index contributed by atoms with van der Waals surface area (Å²) in [6.07, 6.45) is 0. The van der Waals surface area contributed by atoms with Crippen LogP contribution in [0.15, 0.2) is 48.5 Å². The van der Waals surface area contributed by atoms with Crippen molar-refractivity contribution >= 4 is 29.3 Å². The zero-order chi connectivity index (χ0) is 18.8. The number of anilines is 2. The fourth-order valence-electron chi connectivity index (χ4n) is 3.06. The highest BCUT2D eigenvalue weighted by atomic mass is 32.2. The number of benzene rings is 2. The Kier molecular flexibility index (Phi) is 4.77. The number of hydrogen-bond acceptors (Lipinski definition) is 4. The van der Waals surface area contributed by atoms with Gasteiger partial charge in [0.05, 0.1) is 18.5 Å². The van der Waals surface area contributed by atoms with Crippen LogP contribution in [0.5, 0.6) is 5.75 Å². The standard InChI is InChI=1S/C20H20N4O2S/c1-13-5-3-4-6-18(13)24-19(16-11-27-12-17(16)23-24)22-20(25)21-14-7-9-15(26-2)10-8-14/h3-10H,11-12H2,1-2H3,(H2,21,22,25). The highest BCUT2D eigenvalue weighted by Gasteiger charge is 2.25. The molecule has 1 aromatic heterocycles. The van der Waals surface area contributed by atoms with Gasteiger partial charge in [-0.3, -0.25) is 5.32 Å². The van der Waals surface area contributed by atoms with Crippen LogP contribution in [0.2, 0.25) is 0 Å². The smallest absolute Gasteiger partial charge is 0.324 e. The molecular weight excluding hydrogens is 360 g/mol. The van der Waals surface area contributed by atoms with E-state index in [1.165, 1.54) is 0 Å². The molecule has 0 radical (unpaired) electrons. The Hall–Kier alpha value is -2.93. The number of ether oxygens (including phenoxy) is 1. The lowest BCUT2D eigenvalue weighted by atomic mass is 10.2. The number of thioether (sulfide) groups is 1. The quantitative estimate of drug-likeness (QED) is 0.695. The molecule has 0 spiro atoms. The van der Waals surface area contributed by atoms with Crippen LogP contribution < -0.4 is 15.4 Å². The maximum Gasteiger partial charge on any atom is 0.324 e. The molecule has 2 aromatic carbocycles. The van der Waals surface area contributed by atoms with Crippen LogP contribution in [0, 0.1) is 6.92 Å². The summed E-state index contributed by atoms with van der Waals surface area (Å²) in [6, 6.07) is 14.9. The van der Waals surface area contributed by atoms with Gasteiger partial charge in [-0.15, -0.1) is 0 Å². The van der Waals surface area contributed by atoms with Crippen molar-refractivity contribution < 1.29 is 9.53 Å². The fourth-order valence-corrected chi connectivity index (χ4v) is 4.10. The molecule has 7 heteroatoms. The molecule has 4 rings (SSSR count). The van der Waals surface area contributed by atoms with Gasteiger partial charge < -0.3 is 10.1 Å². The summed E-state index contributed by atoms with van der Waals surface area (Å²) in [7, 11) is 1.61. The number of hydrogen-bond donors (Lipinski definition) is 2. The lowest BCUT2D eigenvalue weighted by molar-refractivity contribution is 0.262. The Morgan fingerprint density at radius 3 is 2.63 bits per heavy atom. The Morgan fingerprint density at radius 1 is 1.11 bits per heavy atom. The zero-order valence-electron chi connectivity index (χ0n) is 15.2. The van der Waals surface area contributed by atoms with Crippen molar-refractivity contribution in [1.82, 2.24) is 9.78 Å². The molecule has 0 fully saturated rings. The SMILES string of the molecule is COc1ccc(NC(=O)Nc2c3c(nn2-c2ccccc2C)CSC3)cc1. The van der Waals surface area contributed by atoms with Gasteiger partial charge in [-0.25, -0.2) is 9.48 Å². The van der Waals surface area contributed by atoms with Crippen LogP contribution in [0.25, 0.3) is 5.69 Å². The average Bonchev–Trinajstić information content (AvgIpc) is 3.25. The van der Waals surface area contributed by atoms with Crippen LogP contribution in [-0.2, 0) is 11.5 Å². The van der Waals surface area contributed by atoms with Crippen molar-refractivity contribution in [3.63, 3.8) is 0 Å². The van der Waals surface area contributed by atoms with Crippen molar-refractivity contribution in [1.29, 1.82) is 0 Å². The molecule has 6 nitrogen and oxygen atoms in total. The van der Waals surface area contributed by atoms with Crippen molar-refractivity contribution in [2.75, 3.05) is 17.7 Å². The first-order valence-corrected chi connectivity index (χ1v) is 9.78. The first-order valence-electron chi connectivity index (χ1n) is 8.62. The highest BCUT2D eigenvalue weighted by Crippen LogP contribution is 2.36. The first kappa shape index (κ1) is 17.5. The van der Waals surface area contributed by atoms with Crippen LogP contribution in [0.4, 0.5) is 16.3 Å². The summed E-state index contributed by atoms with van der Waals surface area (Å²) in [5, 5.41) is 10.6. The van der Waals surface area contributed by atoms with Gasteiger partial charge in [0.25, 0.3) is 0 Å². The summed E-state index contributed by atoms with van der Waals surface area (Å²) >= 11 is 1.81. The monoisotopic (exact) mass is 380 g/mol. The van der Waals surface area contributed by atoms with Crippen molar-refractivity contribution in [3.05, 3.63) is 65.4 Å². The van der Waals surface area contributed by atoms with Crippen molar-refractivity contribution in [3.8, 4) is 11.4 Å². The van der Waals surface area contributed by atoms with E-state index in [1.807, 2.05) is 48.0 Å². The Labute approximate surface area is 161 Å². The van der Waals surface area contributed by atoms with E-state index in [0.29, 0.717) is 5.69 Å².